The molecule has 0 radical (unpaired) electrons. The van der Waals surface area contributed by atoms with Gasteiger partial charge in [-0.05, 0) is 60.7 Å². The Kier molecular flexibility index (Phi) is 8.04. The highest BCUT2D eigenvalue weighted by molar-refractivity contribution is 7.99. The van der Waals surface area contributed by atoms with Gasteiger partial charge < -0.3 is 14.8 Å². The maximum Gasteiger partial charge on any atom is 0.264 e. The predicted molar refractivity (Wildman–Crippen MR) is 134 cm³/mol. The van der Waals surface area contributed by atoms with Crippen molar-refractivity contribution in [2.24, 2.45) is 0 Å². The summed E-state index contributed by atoms with van der Waals surface area (Å²) in [5.74, 6) is 0.319. The lowest BCUT2D eigenvalue weighted by atomic mass is 10.3. The van der Waals surface area contributed by atoms with Crippen LogP contribution in [0.2, 0.25) is 5.02 Å². The SMILES string of the molecule is O=C(CN(c1ccc(F)cc1)S(=O)(=O)c1ccc2c(c1)OCCO2)NCCSc1ccc(Cl)cc1. The van der Waals surface area contributed by atoms with E-state index in [1.54, 1.807) is 12.1 Å². The maximum absolute atomic E-state index is 13.5. The lowest BCUT2D eigenvalue weighted by Crippen LogP contribution is -2.41. The second-order valence-corrected chi connectivity index (χ2v) is 10.9. The van der Waals surface area contributed by atoms with E-state index >= 15 is 0 Å². The normalized spacial score (nSPS) is 12.7. The molecule has 11 heteroatoms. The van der Waals surface area contributed by atoms with E-state index in [1.807, 2.05) is 12.1 Å². The first-order chi connectivity index (χ1) is 16.8. The summed E-state index contributed by atoms with van der Waals surface area (Å²) in [5, 5.41) is 3.38. The van der Waals surface area contributed by atoms with Gasteiger partial charge in [-0.3, -0.25) is 9.10 Å². The Bertz CT molecular complexity index is 1290. The van der Waals surface area contributed by atoms with Crippen molar-refractivity contribution in [2.45, 2.75) is 9.79 Å². The number of sulfonamides is 1. The van der Waals surface area contributed by atoms with Gasteiger partial charge in [0.25, 0.3) is 10.0 Å². The van der Waals surface area contributed by atoms with Crippen molar-refractivity contribution in [3.63, 3.8) is 0 Å². The molecule has 3 aromatic carbocycles. The summed E-state index contributed by atoms with van der Waals surface area (Å²) in [7, 11) is -4.18. The fourth-order valence-corrected chi connectivity index (χ4v) is 5.64. The average Bonchev–Trinajstić information content (AvgIpc) is 2.86. The third-order valence-corrected chi connectivity index (χ3v) is 8.05. The Morgan fingerprint density at radius 2 is 1.69 bits per heavy atom. The highest BCUT2D eigenvalue weighted by Crippen LogP contribution is 2.34. The zero-order valence-corrected chi connectivity index (χ0v) is 20.8. The van der Waals surface area contributed by atoms with Crippen LogP contribution in [0, 0.1) is 5.82 Å². The molecule has 184 valence electrons. The van der Waals surface area contributed by atoms with Crippen LogP contribution in [0.5, 0.6) is 11.5 Å². The van der Waals surface area contributed by atoms with Crippen molar-refractivity contribution >= 4 is 45.0 Å². The number of carbonyl (C=O) groups is 1. The van der Waals surface area contributed by atoms with Crippen LogP contribution in [-0.4, -0.2) is 46.4 Å². The summed E-state index contributed by atoms with van der Waals surface area (Å²) < 4.78 is 52.5. The van der Waals surface area contributed by atoms with Crippen LogP contribution in [0.15, 0.2) is 76.5 Å². The molecule has 1 heterocycles. The zero-order valence-electron chi connectivity index (χ0n) is 18.4. The van der Waals surface area contributed by atoms with Gasteiger partial charge in [-0.1, -0.05) is 11.6 Å². The lowest BCUT2D eigenvalue weighted by molar-refractivity contribution is -0.119. The van der Waals surface area contributed by atoms with Crippen molar-refractivity contribution in [3.8, 4) is 11.5 Å². The van der Waals surface area contributed by atoms with Crippen molar-refractivity contribution in [1.82, 2.24) is 5.32 Å². The highest BCUT2D eigenvalue weighted by Gasteiger charge is 2.29. The van der Waals surface area contributed by atoms with Crippen LogP contribution in [0.3, 0.4) is 0 Å². The van der Waals surface area contributed by atoms with Crippen LogP contribution >= 0.6 is 23.4 Å². The van der Waals surface area contributed by atoms with Crippen LogP contribution < -0.4 is 19.1 Å². The van der Waals surface area contributed by atoms with Crippen molar-refractivity contribution in [2.75, 3.05) is 36.4 Å². The number of benzene rings is 3. The monoisotopic (exact) mass is 536 g/mol. The molecule has 35 heavy (non-hydrogen) atoms. The fourth-order valence-electron chi connectivity index (χ4n) is 3.31. The maximum atomic E-state index is 13.5. The Balaban J connectivity index is 1.48. The number of thioether (sulfide) groups is 1. The molecule has 7 nitrogen and oxygen atoms in total. The van der Waals surface area contributed by atoms with Gasteiger partial charge in [0, 0.05) is 28.3 Å². The van der Waals surface area contributed by atoms with Crippen molar-refractivity contribution in [1.29, 1.82) is 0 Å². The number of hydrogen-bond donors (Lipinski definition) is 1. The van der Waals surface area contributed by atoms with E-state index in [0.29, 0.717) is 42.0 Å². The van der Waals surface area contributed by atoms with Gasteiger partial charge in [-0.15, -0.1) is 11.8 Å². The molecule has 1 amide bonds. The smallest absolute Gasteiger partial charge is 0.264 e. The molecular formula is C24H22ClFN2O5S2. The third kappa shape index (κ3) is 6.39. The number of halogens is 2. The largest absolute Gasteiger partial charge is 0.486 e. The van der Waals surface area contributed by atoms with Crippen molar-refractivity contribution < 1.29 is 27.1 Å². The molecule has 0 saturated heterocycles. The minimum absolute atomic E-state index is 0.0721. The Labute approximate surface area is 212 Å². The Morgan fingerprint density at radius 3 is 2.40 bits per heavy atom. The van der Waals surface area contributed by atoms with Gasteiger partial charge in [-0.2, -0.15) is 0 Å². The molecular weight excluding hydrogens is 515 g/mol. The number of amides is 1. The van der Waals surface area contributed by atoms with E-state index in [1.165, 1.54) is 42.1 Å². The number of carbonyl (C=O) groups excluding carboxylic acids is 1. The van der Waals surface area contributed by atoms with E-state index < -0.39 is 28.3 Å². The van der Waals surface area contributed by atoms with E-state index in [-0.39, 0.29) is 10.6 Å². The molecule has 0 unspecified atom stereocenters. The van der Waals surface area contributed by atoms with Gasteiger partial charge in [0.1, 0.15) is 25.6 Å². The Hall–Kier alpha value is -2.95. The number of fused-ring (bicyclic) bond motifs is 1. The zero-order chi connectivity index (χ0) is 24.8. The number of nitrogens with one attached hydrogen (secondary N) is 1. The molecule has 3 aromatic rings. The first-order valence-electron chi connectivity index (χ1n) is 10.7. The summed E-state index contributed by atoms with van der Waals surface area (Å²) in [6.45, 7) is 0.521. The first-order valence-corrected chi connectivity index (χ1v) is 13.5. The van der Waals surface area contributed by atoms with Gasteiger partial charge in [0.15, 0.2) is 11.5 Å². The molecule has 0 atom stereocenters. The minimum Gasteiger partial charge on any atom is -0.486 e. The summed E-state index contributed by atoms with van der Waals surface area (Å²) in [6, 6.07) is 16.5. The van der Waals surface area contributed by atoms with Gasteiger partial charge in [-0.25, -0.2) is 12.8 Å². The molecule has 0 aliphatic carbocycles. The number of rotatable bonds is 9. The van der Waals surface area contributed by atoms with Crippen molar-refractivity contribution in [3.05, 3.63) is 77.6 Å². The fraction of sp³-hybridized carbons (Fsp3) is 0.208. The second-order valence-electron chi connectivity index (χ2n) is 7.45. The molecule has 0 aromatic heterocycles. The molecule has 1 aliphatic rings. The first kappa shape index (κ1) is 25.2. The number of hydrogen-bond acceptors (Lipinski definition) is 6. The topological polar surface area (TPSA) is 84.9 Å². The number of nitrogens with zero attached hydrogens (tertiary/aromatic N) is 1. The van der Waals surface area contributed by atoms with E-state index in [9.17, 15) is 17.6 Å². The van der Waals surface area contributed by atoms with Crippen LogP contribution in [0.25, 0.3) is 0 Å². The standard InChI is InChI=1S/C24H22ClFN2O5S2/c25-17-1-7-20(8-2-17)34-14-11-27-24(29)16-28(19-5-3-18(26)4-6-19)35(30,31)21-9-10-22-23(15-21)33-13-12-32-22/h1-10,15H,11-14,16H2,(H,27,29). The summed E-state index contributed by atoms with van der Waals surface area (Å²) in [5.41, 5.74) is 0.159. The molecule has 0 spiro atoms. The molecule has 0 fully saturated rings. The van der Waals surface area contributed by atoms with Crippen LogP contribution in [0.1, 0.15) is 0 Å². The summed E-state index contributed by atoms with van der Waals surface area (Å²) in [6.07, 6.45) is 0. The Morgan fingerprint density at radius 1 is 1.00 bits per heavy atom. The third-order valence-electron chi connectivity index (χ3n) is 5.01. The number of ether oxygens (including phenoxy) is 2. The molecule has 1 N–H and O–H groups in total. The van der Waals surface area contributed by atoms with Gasteiger partial charge >= 0.3 is 0 Å². The lowest BCUT2D eigenvalue weighted by Gasteiger charge is -2.25. The van der Waals surface area contributed by atoms with E-state index in [0.717, 1.165) is 21.3 Å². The van der Waals surface area contributed by atoms with Gasteiger partial charge in [0.2, 0.25) is 5.91 Å². The highest BCUT2D eigenvalue weighted by atomic mass is 35.5. The molecule has 0 bridgehead atoms. The quantitative estimate of drug-likeness (QED) is 0.323. The molecule has 1 aliphatic heterocycles. The van der Waals surface area contributed by atoms with E-state index in [4.69, 9.17) is 21.1 Å². The van der Waals surface area contributed by atoms with Gasteiger partial charge in [0.05, 0.1) is 10.6 Å². The predicted octanol–water partition coefficient (Wildman–Crippen LogP) is 4.35. The molecule has 0 saturated carbocycles. The molecule has 4 rings (SSSR count). The van der Waals surface area contributed by atoms with Crippen LogP contribution in [0.4, 0.5) is 10.1 Å². The van der Waals surface area contributed by atoms with Crippen LogP contribution in [-0.2, 0) is 14.8 Å². The second kappa shape index (κ2) is 11.2. The average molecular weight is 537 g/mol. The summed E-state index contributed by atoms with van der Waals surface area (Å²) in [4.78, 5) is 13.6. The minimum atomic E-state index is -4.18. The van der Waals surface area contributed by atoms with E-state index in [2.05, 4.69) is 5.32 Å². The number of anilines is 1. The summed E-state index contributed by atoms with van der Waals surface area (Å²) >= 11 is 7.41.